The van der Waals surface area contributed by atoms with Gasteiger partial charge in [-0.1, -0.05) is 43.7 Å². The molecule has 0 aliphatic heterocycles. The minimum atomic E-state index is 0.358. The summed E-state index contributed by atoms with van der Waals surface area (Å²) in [6, 6.07) is 10.8. The molecule has 3 unspecified atom stereocenters. The van der Waals surface area contributed by atoms with Crippen molar-refractivity contribution in [3.05, 3.63) is 40.7 Å². The summed E-state index contributed by atoms with van der Waals surface area (Å²) < 4.78 is 0. The van der Waals surface area contributed by atoms with Crippen LogP contribution in [0, 0.1) is 11.8 Å². The maximum absolute atomic E-state index is 6.34. The van der Waals surface area contributed by atoms with Gasteiger partial charge in [0.1, 0.15) is 0 Å². The fraction of sp³-hybridized carbons (Fsp3) is 0.500. The van der Waals surface area contributed by atoms with E-state index in [0.29, 0.717) is 12.0 Å². The number of aromatic nitrogens is 1. The Bertz CT molecular complexity index is 564. The van der Waals surface area contributed by atoms with Crippen molar-refractivity contribution in [2.75, 3.05) is 0 Å². The second-order valence-electron chi connectivity index (χ2n) is 6.21. The molecule has 0 bridgehead atoms. The van der Waals surface area contributed by atoms with Gasteiger partial charge in [-0.05, 0) is 31.1 Å². The van der Waals surface area contributed by atoms with Gasteiger partial charge in [-0.3, -0.25) is 0 Å². The van der Waals surface area contributed by atoms with Crippen LogP contribution in [-0.4, -0.2) is 11.0 Å². The predicted octanol–water partition coefficient (Wildman–Crippen LogP) is 4.51. The first-order valence-electron chi connectivity index (χ1n) is 8.01. The summed E-state index contributed by atoms with van der Waals surface area (Å²) >= 11 is 1.78. The zero-order valence-electron chi connectivity index (χ0n) is 12.7. The number of hydrogen-bond acceptors (Lipinski definition) is 3. The van der Waals surface area contributed by atoms with E-state index in [2.05, 4.69) is 36.6 Å². The van der Waals surface area contributed by atoms with E-state index in [0.717, 1.165) is 18.0 Å². The summed E-state index contributed by atoms with van der Waals surface area (Å²) in [5.74, 6) is 1.47. The summed E-state index contributed by atoms with van der Waals surface area (Å²) in [4.78, 5) is 4.82. The smallest absolute Gasteiger partial charge is 0.0935 e. The van der Waals surface area contributed by atoms with Crippen molar-refractivity contribution >= 4 is 11.3 Å². The normalized spacial score (nSPS) is 25.9. The summed E-state index contributed by atoms with van der Waals surface area (Å²) in [6.07, 6.45) is 6.10. The van der Waals surface area contributed by atoms with Crippen LogP contribution in [0.5, 0.6) is 0 Å². The Kier molecular flexibility index (Phi) is 4.71. The van der Waals surface area contributed by atoms with Gasteiger partial charge < -0.3 is 5.73 Å². The first-order valence-corrected chi connectivity index (χ1v) is 8.89. The van der Waals surface area contributed by atoms with E-state index < -0.39 is 0 Å². The van der Waals surface area contributed by atoms with Gasteiger partial charge in [-0.25, -0.2) is 4.98 Å². The molecule has 2 aromatic rings. The molecule has 0 radical (unpaired) electrons. The van der Waals surface area contributed by atoms with E-state index in [1.165, 1.54) is 36.3 Å². The van der Waals surface area contributed by atoms with Crippen molar-refractivity contribution in [3.8, 4) is 11.3 Å². The van der Waals surface area contributed by atoms with Crippen LogP contribution in [0.4, 0.5) is 0 Å². The molecule has 1 saturated carbocycles. The number of benzene rings is 1. The van der Waals surface area contributed by atoms with Crippen molar-refractivity contribution in [1.82, 2.24) is 4.98 Å². The number of nitrogens with two attached hydrogens (primary N) is 1. The van der Waals surface area contributed by atoms with Gasteiger partial charge in [0, 0.05) is 23.4 Å². The van der Waals surface area contributed by atoms with Gasteiger partial charge in [0.15, 0.2) is 0 Å². The van der Waals surface area contributed by atoms with Crippen molar-refractivity contribution in [1.29, 1.82) is 0 Å². The number of thiazole rings is 1. The highest BCUT2D eigenvalue weighted by molar-refractivity contribution is 7.09. The molecule has 1 aliphatic rings. The number of rotatable bonds is 4. The van der Waals surface area contributed by atoms with Crippen molar-refractivity contribution in [2.24, 2.45) is 17.6 Å². The topological polar surface area (TPSA) is 38.9 Å². The summed E-state index contributed by atoms with van der Waals surface area (Å²) in [5.41, 5.74) is 8.65. The summed E-state index contributed by atoms with van der Waals surface area (Å²) in [7, 11) is 0. The molecule has 112 valence electrons. The quantitative estimate of drug-likeness (QED) is 0.902. The van der Waals surface area contributed by atoms with E-state index in [1.54, 1.807) is 11.3 Å². The van der Waals surface area contributed by atoms with E-state index in [1.807, 2.05) is 6.07 Å². The monoisotopic (exact) mass is 300 g/mol. The fourth-order valence-electron chi connectivity index (χ4n) is 3.36. The van der Waals surface area contributed by atoms with Crippen LogP contribution < -0.4 is 5.73 Å². The third-order valence-corrected chi connectivity index (χ3v) is 5.66. The summed E-state index contributed by atoms with van der Waals surface area (Å²) in [5, 5.41) is 3.42. The molecule has 2 N–H and O–H groups in total. The van der Waals surface area contributed by atoms with Gasteiger partial charge in [-0.15, -0.1) is 11.3 Å². The average molecular weight is 300 g/mol. The molecule has 3 rings (SSSR count). The highest BCUT2D eigenvalue weighted by atomic mass is 32.1. The third-order valence-electron chi connectivity index (χ3n) is 4.79. The first-order chi connectivity index (χ1) is 10.3. The zero-order valence-corrected chi connectivity index (χ0v) is 13.5. The molecular formula is C18H24N2S. The SMILES string of the molecule is CCC1CCC(N)C(Cc2nc(-c3ccccc3)cs2)C1. The molecule has 0 saturated heterocycles. The van der Waals surface area contributed by atoms with Crippen LogP contribution in [0.2, 0.25) is 0 Å². The molecule has 3 heteroatoms. The Morgan fingerprint density at radius 1 is 1.24 bits per heavy atom. The maximum Gasteiger partial charge on any atom is 0.0935 e. The Balaban J connectivity index is 1.69. The van der Waals surface area contributed by atoms with Crippen LogP contribution in [0.3, 0.4) is 0 Å². The molecule has 1 heterocycles. The second-order valence-corrected chi connectivity index (χ2v) is 7.15. The molecular weight excluding hydrogens is 276 g/mol. The predicted molar refractivity (Wildman–Crippen MR) is 90.4 cm³/mol. The van der Waals surface area contributed by atoms with Gasteiger partial charge in [0.2, 0.25) is 0 Å². The zero-order chi connectivity index (χ0) is 14.7. The van der Waals surface area contributed by atoms with Crippen LogP contribution in [0.15, 0.2) is 35.7 Å². The number of nitrogens with zero attached hydrogens (tertiary/aromatic N) is 1. The van der Waals surface area contributed by atoms with Crippen LogP contribution in [0.1, 0.15) is 37.6 Å². The Labute approximate surface area is 131 Å². The van der Waals surface area contributed by atoms with E-state index in [-0.39, 0.29) is 0 Å². The van der Waals surface area contributed by atoms with Crippen molar-refractivity contribution < 1.29 is 0 Å². The average Bonchev–Trinajstić information content (AvgIpc) is 2.99. The van der Waals surface area contributed by atoms with E-state index in [9.17, 15) is 0 Å². The molecule has 1 aromatic heterocycles. The largest absolute Gasteiger partial charge is 0.327 e. The lowest BCUT2D eigenvalue weighted by molar-refractivity contribution is 0.227. The summed E-state index contributed by atoms with van der Waals surface area (Å²) in [6.45, 7) is 2.30. The standard InChI is InChI=1S/C18H24N2S/c1-2-13-8-9-16(19)15(10-13)11-18-20-17(12-21-18)14-6-4-3-5-7-14/h3-7,12-13,15-16H,2,8-11,19H2,1H3. The fourth-order valence-corrected chi connectivity index (χ4v) is 4.26. The lowest BCUT2D eigenvalue weighted by Gasteiger charge is -2.33. The minimum Gasteiger partial charge on any atom is -0.327 e. The molecule has 21 heavy (non-hydrogen) atoms. The molecule has 1 aliphatic carbocycles. The Morgan fingerprint density at radius 2 is 2.05 bits per heavy atom. The molecule has 1 fully saturated rings. The third kappa shape index (κ3) is 3.53. The van der Waals surface area contributed by atoms with Gasteiger partial charge in [-0.2, -0.15) is 0 Å². The molecule has 3 atom stereocenters. The van der Waals surface area contributed by atoms with Crippen LogP contribution in [0.25, 0.3) is 11.3 Å². The lowest BCUT2D eigenvalue weighted by atomic mass is 9.76. The van der Waals surface area contributed by atoms with Crippen LogP contribution in [-0.2, 0) is 6.42 Å². The maximum atomic E-state index is 6.34. The Morgan fingerprint density at radius 3 is 2.81 bits per heavy atom. The molecule has 0 amide bonds. The molecule has 0 spiro atoms. The minimum absolute atomic E-state index is 0.358. The molecule has 2 nitrogen and oxygen atoms in total. The van der Waals surface area contributed by atoms with E-state index >= 15 is 0 Å². The van der Waals surface area contributed by atoms with Gasteiger partial charge >= 0.3 is 0 Å². The highest BCUT2D eigenvalue weighted by Gasteiger charge is 2.28. The Hall–Kier alpha value is -1.19. The van der Waals surface area contributed by atoms with Gasteiger partial charge in [0.05, 0.1) is 10.7 Å². The number of hydrogen-bond donors (Lipinski definition) is 1. The van der Waals surface area contributed by atoms with E-state index in [4.69, 9.17) is 10.7 Å². The second kappa shape index (κ2) is 6.71. The first kappa shape index (κ1) is 14.7. The lowest BCUT2D eigenvalue weighted by Crippen LogP contribution is -2.37. The van der Waals surface area contributed by atoms with Gasteiger partial charge in [0.25, 0.3) is 0 Å². The van der Waals surface area contributed by atoms with Crippen molar-refractivity contribution in [2.45, 2.75) is 45.1 Å². The highest BCUT2D eigenvalue weighted by Crippen LogP contribution is 2.33. The van der Waals surface area contributed by atoms with Crippen molar-refractivity contribution in [3.63, 3.8) is 0 Å². The van der Waals surface area contributed by atoms with Crippen LogP contribution >= 0.6 is 11.3 Å². The molecule has 1 aromatic carbocycles.